The van der Waals surface area contributed by atoms with E-state index in [2.05, 4.69) is 10.6 Å². The van der Waals surface area contributed by atoms with Crippen molar-refractivity contribution < 1.29 is 47.4 Å². The van der Waals surface area contributed by atoms with Crippen molar-refractivity contribution in [2.24, 2.45) is 11.8 Å². The van der Waals surface area contributed by atoms with Gasteiger partial charge in [0.05, 0.1) is 6.04 Å². The SMILES string of the molecule is CCCCC(=O)C(F)(F)C(=O)[C@@H](NC(=O)[C@@H]1CCCN1C(=O)[C@@H](NC(=O)CN1CCN(CC(=O)O)C1=O)C(C)C)C(C)C. The molecular weight excluding hydrogens is 572 g/mol. The molecule has 2 rings (SSSR count). The second kappa shape index (κ2) is 15.2. The molecule has 5 amide bonds. The maximum absolute atomic E-state index is 14.7. The van der Waals surface area contributed by atoms with Gasteiger partial charge in [0.2, 0.25) is 29.3 Å². The largest absolute Gasteiger partial charge is 0.480 e. The maximum atomic E-state index is 14.7. The second-order valence-electron chi connectivity index (χ2n) is 11.7. The van der Waals surface area contributed by atoms with Gasteiger partial charge in [-0.05, 0) is 31.1 Å². The number of carbonyl (C=O) groups is 7. The number of unbranched alkanes of at least 4 members (excludes halogenated alkanes) is 1. The van der Waals surface area contributed by atoms with Crippen LogP contribution in [0, 0.1) is 11.8 Å². The lowest BCUT2D eigenvalue weighted by molar-refractivity contribution is -0.160. The number of hydrogen-bond donors (Lipinski definition) is 3. The average molecular weight is 616 g/mol. The van der Waals surface area contributed by atoms with Crippen LogP contribution < -0.4 is 10.6 Å². The third-order valence-corrected chi connectivity index (χ3v) is 7.59. The minimum absolute atomic E-state index is 0.132. The maximum Gasteiger partial charge on any atom is 0.364 e. The van der Waals surface area contributed by atoms with Crippen LogP contribution >= 0.6 is 0 Å². The minimum Gasteiger partial charge on any atom is -0.480 e. The monoisotopic (exact) mass is 615 g/mol. The molecule has 0 aliphatic carbocycles. The summed E-state index contributed by atoms with van der Waals surface area (Å²) in [5.41, 5.74) is 0. The van der Waals surface area contributed by atoms with E-state index in [4.69, 9.17) is 5.11 Å². The molecule has 43 heavy (non-hydrogen) atoms. The van der Waals surface area contributed by atoms with E-state index in [9.17, 15) is 42.3 Å². The molecule has 242 valence electrons. The van der Waals surface area contributed by atoms with Crippen LogP contribution in [0.3, 0.4) is 0 Å². The van der Waals surface area contributed by atoms with Crippen molar-refractivity contribution in [2.75, 3.05) is 32.7 Å². The Bertz CT molecular complexity index is 1100. The first-order valence-corrected chi connectivity index (χ1v) is 14.6. The molecule has 0 aromatic heterocycles. The number of ketones is 2. The van der Waals surface area contributed by atoms with Gasteiger partial charge < -0.3 is 30.4 Å². The Balaban J connectivity index is 2.11. The Morgan fingerprint density at radius 2 is 1.51 bits per heavy atom. The third kappa shape index (κ3) is 8.92. The first-order chi connectivity index (χ1) is 20.0. The van der Waals surface area contributed by atoms with E-state index in [0.29, 0.717) is 12.8 Å². The first kappa shape index (κ1) is 35.5. The van der Waals surface area contributed by atoms with Crippen molar-refractivity contribution in [3.8, 4) is 0 Å². The topological polar surface area (TPSA) is 173 Å². The Morgan fingerprint density at radius 3 is 2.05 bits per heavy atom. The zero-order valence-electron chi connectivity index (χ0n) is 25.4. The Labute approximate surface area is 249 Å². The van der Waals surface area contributed by atoms with Crippen molar-refractivity contribution in [3.05, 3.63) is 0 Å². The molecule has 3 atom stereocenters. The van der Waals surface area contributed by atoms with Crippen LogP contribution in [0.25, 0.3) is 0 Å². The van der Waals surface area contributed by atoms with Gasteiger partial charge in [0.1, 0.15) is 25.2 Å². The molecule has 2 fully saturated rings. The van der Waals surface area contributed by atoms with Crippen LogP contribution in [-0.2, 0) is 28.8 Å². The standard InChI is InChI=1S/C28H43F2N5O8/c1-6-7-10-19(36)28(29,30)24(40)22(16(2)3)32-25(41)18-9-8-11-35(18)26(42)23(17(4)5)31-20(37)14-33-12-13-34(27(33)43)15-21(38)39/h16-18,22-23H,6-15H2,1-5H3,(H,31,37)(H,32,41)(H,38,39)/t18-,22-,23-/m0/s1. The number of amides is 5. The summed E-state index contributed by atoms with van der Waals surface area (Å²) in [6.07, 6.45) is 0.836. The zero-order chi connectivity index (χ0) is 32.6. The molecule has 13 nitrogen and oxygen atoms in total. The Kier molecular flexibility index (Phi) is 12.6. The van der Waals surface area contributed by atoms with Crippen LogP contribution in [0.2, 0.25) is 0 Å². The smallest absolute Gasteiger partial charge is 0.364 e. The van der Waals surface area contributed by atoms with Gasteiger partial charge in [-0.15, -0.1) is 0 Å². The van der Waals surface area contributed by atoms with Gasteiger partial charge >= 0.3 is 17.9 Å². The fourth-order valence-electron chi connectivity index (χ4n) is 5.09. The summed E-state index contributed by atoms with van der Waals surface area (Å²) in [7, 11) is 0. The van der Waals surface area contributed by atoms with Gasteiger partial charge in [-0.1, -0.05) is 41.0 Å². The highest BCUT2D eigenvalue weighted by Gasteiger charge is 2.51. The third-order valence-electron chi connectivity index (χ3n) is 7.59. The summed E-state index contributed by atoms with van der Waals surface area (Å²) in [5.74, 6) is -11.9. The first-order valence-electron chi connectivity index (χ1n) is 14.6. The van der Waals surface area contributed by atoms with Crippen LogP contribution in [0.15, 0.2) is 0 Å². The number of carboxylic acids is 1. The number of urea groups is 1. The van der Waals surface area contributed by atoms with Crippen molar-refractivity contribution in [3.63, 3.8) is 0 Å². The van der Waals surface area contributed by atoms with E-state index in [0.717, 1.165) is 9.80 Å². The number of alkyl halides is 2. The van der Waals surface area contributed by atoms with Crippen LogP contribution in [0.4, 0.5) is 13.6 Å². The van der Waals surface area contributed by atoms with Gasteiger partial charge in [0.25, 0.3) is 0 Å². The van der Waals surface area contributed by atoms with Crippen LogP contribution in [-0.4, -0.2) is 118 Å². The number of hydrogen-bond acceptors (Lipinski definition) is 7. The minimum atomic E-state index is -4.27. The predicted molar refractivity (Wildman–Crippen MR) is 149 cm³/mol. The number of rotatable bonds is 16. The fraction of sp³-hybridized carbons (Fsp3) is 0.750. The lowest BCUT2D eigenvalue weighted by Crippen LogP contribution is -2.59. The van der Waals surface area contributed by atoms with E-state index in [1.165, 1.54) is 18.7 Å². The number of carbonyl (C=O) groups excluding carboxylic acids is 6. The molecular formula is C28H43F2N5O8. The number of likely N-dealkylation sites (tertiary alicyclic amines) is 1. The number of nitrogens with one attached hydrogen (secondary N) is 2. The lowest BCUT2D eigenvalue weighted by atomic mass is 9.92. The number of aliphatic carboxylic acids is 1. The summed E-state index contributed by atoms with van der Waals surface area (Å²) >= 11 is 0. The second-order valence-corrected chi connectivity index (χ2v) is 11.7. The van der Waals surface area contributed by atoms with Gasteiger partial charge in [-0.3, -0.25) is 28.8 Å². The van der Waals surface area contributed by atoms with Gasteiger partial charge in [0, 0.05) is 26.1 Å². The molecule has 2 saturated heterocycles. The lowest BCUT2D eigenvalue weighted by Gasteiger charge is -2.32. The van der Waals surface area contributed by atoms with Crippen LogP contribution in [0.1, 0.15) is 66.7 Å². The van der Waals surface area contributed by atoms with Gasteiger partial charge in [-0.25, -0.2) is 4.79 Å². The highest BCUT2D eigenvalue weighted by molar-refractivity contribution is 6.11. The molecule has 2 heterocycles. The molecule has 0 radical (unpaired) electrons. The summed E-state index contributed by atoms with van der Waals surface area (Å²) in [6.45, 7) is 7.51. The molecule has 0 aromatic carbocycles. The highest BCUT2D eigenvalue weighted by Crippen LogP contribution is 2.25. The van der Waals surface area contributed by atoms with E-state index >= 15 is 0 Å². The average Bonchev–Trinajstić information content (AvgIpc) is 3.55. The molecule has 0 saturated carbocycles. The molecule has 2 aliphatic heterocycles. The van der Waals surface area contributed by atoms with Crippen LogP contribution in [0.5, 0.6) is 0 Å². The van der Waals surface area contributed by atoms with E-state index in [1.54, 1.807) is 20.8 Å². The van der Waals surface area contributed by atoms with Crippen molar-refractivity contribution in [1.29, 1.82) is 0 Å². The van der Waals surface area contributed by atoms with Crippen molar-refractivity contribution in [1.82, 2.24) is 25.3 Å². The highest BCUT2D eigenvalue weighted by atomic mass is 19.3. The fourth-order valence-corrected chi connectivity index (χ4v) is 5.09. The summed E-state index contributed by atoms with van der Waals surface area (Å²) in [4.78, 5) is 91.3. The van der Waals surface area contributed by atoms with Gasteiger partial charge in [-0.2, -0.15) is 8.78 Å². The molecule has 15 heteroatoms. The molecule has 3 N–H and O–H groups in total. The molecule has 0 spiro atoms. The Morgan fingerprint density at radius 1 is 0.930 bits per heavy atom. The normalized spacial score (nSPS) is 18.7. The zero-order valence-corrected chi connectivity index (χ0v) is 25.4. The Hall–Kier alpha value is -3.65. The van der Waals surface area contributed by atoms with E-state index < -0.39 is 96.7 Å². The quantitative estimate of drug-likeness (QED) is 0.216. The van der Waals surface area contributed by atoms with Crippen molar-refractivity contribution >= 4 is 41.3 Å². The number of nitrogens with zero attached hydrogens (tertiary/aromatic N) is 3. The molecule has 0 unspecified atom stereocenters. The van der Waals surface area contributed by atoms with E-state index in [1.807, 2.05) is 0 Å². The van der Waals surface area contributed by atoms with E-state index in [-0.39, 0.29) is 32.5 Å². The number of Topliss-reactive ketones (excluding diaryl/α,β-unsaturated/α-hetero) is 2. The molecule has 2 aliphatic rings. The number of carboxylic acid groups (broad SMARTS) is 1. The summed E-state index contributed by atoms with van der Waals surface area (Å²) in [6, 6.07) is -4.45. The predicted octanol–water partition coefficient (Wildman–Crippen LogP) is 1.04. The summed E-state index contributed by atoms with van der Waals surface area (Å²) in [5, 5.41) is 13.9. The number of halogens is 2. The molecule has 0 aromatic rings. The summed E-state index contributed by atoms with van der Waals surface area (Å²) < 4.78 is 29.5. The molecule has 0 bridgehead atoms. The van der Waals surface area contributed by atoms with Crippen molar-refractivity contribution in [2.45, 2.75) is 90.8 Å². The van der Waals surface area contributed by atoms with Gasteiger partial charge in [0.15, 0.2) is 0 Å².